The lowest BCUT2D eigenvalue weighted by molar-refractivity contribution is 0.0893. The molecule has 3 rings (SSSR count). The number of furan rings is 1. The minimum atomic E-state index is -0.408. The minimum Gasteiger partial charge on any atom is -0.450 e. The number of carbonyl (C=O) groups excluding carboxylic acids is 1. The smallest absolute Gasteiger partial charge is 0.201 e. The van der Waals surface area contributed by atoms with Crippen LogP contribution in [0.4, 0.5) is 4.39 Å². The summed E-state index contributed by atoms with van der Waals surface area (Å²) in [6.45, 7) is 2.16. The number of hydrogen-bond acceptors (Lipinski definition) is 2. The molecule has 2 unspecified atom stereocenters. The molecule has 3 heteroatoms. The van der Waals surface area contributed by atoms with E-state index >= 15 is 0 Å². The van der Waals surface area contributed by atoms with Gasteiger partial charge in [-0.3, -0.25) is 4.79 Å². The first kappa shape index (κ1) is 12.4. The molecule has 2 nitrogen and oxygen atoms in total. The molecule has 1 aromatic heterocycles. The Hall–Kier alpha value is -1.64. The first-order valence-corrected chi connectivity index (χ1v) is 6.91. The molecule has 0 N–H and O–H groups in total. The van der Waals surface area contributed by atoms with Crippen LogP contribution in [-0.2, 0) is 0 Å². The van der Waals surface area contributed by atoms with Crippen LogP contribution in [-0.4, -0.2) is 5.78 Å². The third kappa shape index (κ3) is 2.18. The Labute approximate surface area is 111 Å². The number of halogens is 1. The van der Waals surface area contributed by atoms with Crippen LogP contribution in [0.1, 0.15) is 43.2 Å². The maximum absolute atomic E-state index is 13.6. The van der Waals surface area contributed by atoms with Gasteiger partial charge in [-0.25, -0.2) is 4.39 Å². The van der Waals surface area contributed by atoms with Crippen molar-refractivity contribution in [3.05, 3.63) is 35.8 Å². The van der Waals surface area contributed by atoms with Crippen LogP contribution in [0.25, 0.3) is 11.0 Å². The fourth-order valence-corrected chi connectivity index (χ4v) is 3.03. The second kappa shape index (κ2) is 4.80. The van der Waals surface area contributed by atoms with Crippen LogP contribution in [0.15, 0.2) is 28.7 Å². The Morgan fingerprint density at radius 3 is 2.95 bits per heavy atom. The molecule has 0 aliphatic heterocycles. The van der Waals surface area contributed by atoms with Gasteiger partial charge >= 0.3 is 0 Å². The highest BCUT2D eigenvalue weighted by Gasteiger charge is 2.31. The predicted octanol–water partition coefficient (Wildman–Crippen LogP) is 4.58. The van der Waals surface area contributed by atoms with E-state index < -0.39 is 5.82 Å². The Balaban J connectivity index is 1.88. The molecular formula is C16H17FO2. The van der Waals surface area contributed by atoms with Crippen molar-refractivity contribution in [3.63, 3.8) is 0 Å². The molecule has 19 heavy (non-hydrogen) atoms. The molecule has 0 saturated heterocycles. The zero-order valence-corrected chi connectivity index (χ0v) is 11.0. The molecule has 2 aromatic rings. The Morgan fingerprint density at radius 1 is 1.42 bits per heavy atom. The lowest BCUT2D eigenvalue weighted by Gasteiger charge is -2.06. The third-order valence-electron chi connectivity index (χ3n) is 4.23. The van der Waals surface area contributed by atoms with E-state index in [9.17, 15) is 9.18 Å². The number of benzene rings is 1. The largest absolute Gasteiger partial charge is 0.450 e. The van der Waals surface area contributed by atoms with Gasteiger partial charge in [0.25, 0.3) is 0 Å². The number of Topliss-reactive ketones (excluding diaryl/α,β-unsaturated/α-hetero) is 1. The Morgan fingerprint density at radius 2 is 2.26 bits per heavy atom. The van der Waals surface area contributed by atoms with Crippen LogP contribution in [0.5, 0.6) is 0 Å². The van der Waals surface area contributed by atoms with Crippen molar-refractivity contribution >= 4 is 16.8 Å². The van der Waals surface area contributed by atoms with Crippen LogP contribution >= 0.6 is 0 Å². The zero-order valence-electron chi connectivity index (χ0n) is 11.0. The molecule has 1 aliphatic rings. The molecule has 0 amide bonds. The molecule has 1 fully saturated rings. The number of carbonyl (C=O) groups is 1. The van der Waals surface area contributed by atoms with E-state index in [1.165, 1.54) is 6.07 Å². The van der Waals surface area contributed by atoms with Gasteiger partial charge in [-0.1, -0.05) is 25.5 Å². The number of para-hydroxylation sites is 1. The summed E-state index contributed by atoms with van der Waals surface area (Å²) in [5.41, 5.74) is 0.191. The average Bonchev–Trinajstić information content (AvgIpc) is 3.05. The van der Waals surface area contributed by atoms with Crippen molar-refractivity contribution in [1.82, 2.24) is 0 Å². The van der Waals surface area contributed by atoms with Gasteiger partial charge in [0.1, 0.15) is 0 Å². The maximum atomic E-state index is 13.6. The number of fused-ring (bicyclic) bond motifs is 1. The van der Waals surface area contributed by atoms with E-state index in [-0.39, 0.29) is 17.3 Å². The third-order valence-corrected chi connectivity index (χ3v) is 4.23. The van der Waals surface area contributed by atoms with Crippen molar-refractivity contribution in [3.8, 4) is 0 Å². The fourth-order valence-electron chi connectivity index (χ4n) is 3.03. The Kier molecular flexibility index (Phi) is 3.13. The van der Waals surface area contributed by atoms with Gasteiger partial charge in [-0.15, -0.1) is 0 Å². The highest BCUT2D eigenvalue weighted by Crippen LogP contribution is 2.36. The SMILES string of the molecule is CCC1CCC(C(=O)c2cc3cccc(F)c3o2)C1. The average molecular weight is 260 g/mol. The summed E-state index contributed by atoms with van der Waals surface area (Å²) in [4.78, 5) is 12.4. The second-order valence-corrected chi connectivity index (χ2v) is 5.42. The van der Waals surface area contributed by atoms with Crippen LogP contribution in [0.3, 0.4) is 0 Å². The summed E-state index contributed by atoms with van der Waals surface area (Å²) in [6, 6.07) is 6.41. The lowest BCUT2D eigenvalue weighted by atomic mass is 9.98. The van der Waals surface area contributed by atoms with E-state index in [0.29, 0.717) is 17.1 Å². The maximum Gasteiger partial charge on any atom is 0.201 e. The van der Waals surface area contributed by atoms with E-state index in [1.807, 2.05) is 0 Å². The van der Waals surface area contributed by atoms with E-state index in [1.54, 1.807) is 18.2 Å². The molecule has 0 spiro atoms. The summed E-state index contributed by atoms with van der Waals surface area (Å²) in [7, 11) is 0. The van der Waals surface area contributed by atoms with E-state index in [2.05, 4.69) is 6.92 Å². The topological polar surface area (TPSA) is 30.2 Å². The number of rotatable bonds is 3. The van der Waals surface area contributed by atoms with Gasteiger partial charge in [-0.2, -0.15) is 0 Å². The monoisotopic (exact) mass is 260 g/mol. The summed E-state index contributed by atoms with van der Waals surface area (Å²) in [5.74, 6) is 0.631. The summed E-state index contributed by atoms with van der Waals surface area (Å²) in [5, 5.41) is 0.661. The minimum absolute atomic E-state index is 0.0338. The molecule has 0 bridgehead atoms. The normalized spacial score (nSPS) is 23.1. The highest BCUT2D eigenvalue weighted by atomic mass is 19.1. The van der Waals surface area contributed by atoms with Gasteiger partial charge in [-0.05, 0) is 37.3 Å². The van der Waals surface area contributed by atoms with Crippen LogP contribution in [0.2, 0.25) is 0 Å². The van der Waals surface area contributed by atoms with Gasteiger partial charge in [0.05, 0.1) is 0 Å². The molecule has 2 atom stereocenters. The van der Waals surface area contributed by atoms with E-state index in [4.69, 9.17) is 4.42 Å². The molecule has 100 valence electrons. The van der Waals surface area contributed by atoms with Crippen LogP contribution < -0.4 is 0 Å². The predicted molar refractivity (Wildman–Crippen MR) is 71.6 cm³/mol. The van der Waals surface area contributed by atoms with Crippen molar-refractivity contribution < 1.29 is 13.6 Å². The summed E-state index contributed by atoms with van der Waals surface area (Å²) < 4.78 is 19.0. The molecular weight excluding hydrogens is 243 g/mol. The van der Waals surface area contributed by atoms with Gasteiger partial charge in [0.2, 0.25) is 5.78 Å². The van der Waals surface area contributed by atoms with Gasteiger partial charge < -0.3 is 4.42 Å². The van der Waals surface area contributed by atoms with Gasteiger partial charge in [0.15, 0.2) is 17.2 Å². The lowest BCUT2D eigenvalue weighted by Crippen LogP contribution is -2.10. The van der Waals surface area contributed by atoms with Crippen molar-refractivity contribution in [1.29, 1.82) is 0 Å². The number of hydrogen-bond donors (Lipinski definition) is 0. The molecule has 1 aliphatic carbocycles. The molecule has 1 saturated carbocycles. The first-order valence-electron chi connectivity index (χ1n) is 6.91. The van der Waals surface area contributed by atoms with Crippen molar-refractivity contribution in [2.45, 2.75) is 32.6 Å². The van der Waals surface area contributed by atoms with Crippen LogP contribution in [0, 0.1) is 17.7 Å². The molecule has 1 aromatic carbocycles. The summed E-state index contributed by atoms with van der Waals surface area (Å²) in [6.07, 6.45) is 4.10. The molecule has 0 radical (unpaired) electrons. The zero-order chi connectivity index (χ0) is 13.4. The summed E-state index contributed by atoms with van der Waals surface area (Å²) >= 11 is 0. The number of ketones is 1. The Bertz CT molecular complexity index is 614. The molecule has 1 heterocycles. The standard InChI is InChI=1S/C16H17FO2/c1-2-10-6-7-11(8-10)15(18)14-9-12-4-3-5-13(17)16(12)19-14/h3-5,9-11H,2,6-8H2,1H3. The van der Waals surface area contributed by atoms with E-state index in [0.717, 1.165) is 25.7 Å². The van der Waals surface area contributed by atoms with Crippen molar-refractivity contribution in [2.24, 2.45) is 11.8 Å². The van der Waals surface area contributed by atoms with Crippen molar-refractivity contribution in [2.75, 3.05) is 0 Å². The highest BCUT2D eigenvalue weighted by molar-refractivity contribution is 5.99. The fraction of sp³-hybridized carbons (Fsp3) is 0.438. The van der Waals surface area contributed by atoms with Gasteiger partial charge in [0, 0.05) is 11.3 Å². The first-order chi connectivity index (χ1) is 9.19. The quantitative estimate of drug-likeness (QED) is 0.756. The second-order valence-electron chi connectivity index (χ2n) is 5.42.